The van der Waals surface area contributed by atoms with Gasteiger partial charge in [0.25, 0.3) is 0 Å². The molecule has 0 aliphatic heterocycles. The fraction of sp³-hybridized carbons (Fsp3) is 0.800. The van der Waals surface area contributed by atoms with Crippen LogP contribution in [0.1, 0.15) is 65.2 Å². The summed E-state index contributed by atoms with van der Waals surface area (Å²) in [6, 6.07) is 0. The molecular formula is C20H28O3. The van der Waals surface area contributed by atoms with Crippen molar-refractivity contribution < 1.29 is 14.3 Å². The lowest BCUT2D eigenvalue weighted by Gasteiger charge is -2.53. The Bertz CT molecular complexity index is 563. The van der Waals surface area contributed by atoms with Gasteiger partial charge in [-0.05, 0) is 74.7 Å². The van der Waals surface area contributed by atoms with E-state index >= 15 is 0 Å². The van der Waals surface area contributed by atoms with E-state index in [1.807, 2.05) is 6.08 Å². The lowest BCUT2D eigenvalue weighted by atomic mass is 9.52. The van der Waals surface area contributed by atoms with Crippen molar-refractivity contribution in [1.29, 1.82) is 0 Å². The molecule has 0 aromatic heterocycles. The minimum atomic E-state index is -0.126. The van der Waals surface area contributed by atoms with Crippen molar-refractivity contribution in [3.8, 4) is 0 Å². The van der Waals surface area contributed by atoms with E-state index in [0.29, 0.717) is 17.6 Å². The summed E-state index contributed by atoms with van der Waals surface area (Å²) >= 11 is 0. The average Bonchev–Trinajstić information content (AvgIpc) is 2.83. The summed E-state index contributed by atoms with van der Waals surface area (Å²) in [4.78, 5) is 23.2. The molecule has 0 bridgehead atoms. The maximum Gasteiger partial charge on any atom is 0.302 e. The van der Waals surface area contributed by atoms with Gasteiger partial charge in [-0.1, -0.05) is 12.5 Å². The Morgan fingerprint density at radius 3 is 2.74 bits per heavy atom. The number of ketones is 1. The van der Waals surface area contributed by atoms with Crippen molar-refractivity contribution in [3.63, 3.8) is 0 Å². The average molecular weight is 316 g/mol. The van der Waals surface area contributed by atoms with Gasteiger partial charge in [0.2, 0.25) is 0 Å². The SMILES string of the molecule is CC(=O)O[C@H]1CC[C@@H]2[C@@H]3CCC4=CC(=O)CC[C@H]4[C@@H]3CC[C@]12C. The van der Waals surface area contributed by atoms with Gasteiger partial charge in [0.15, 0.2) is 5.78 Å². The number of carbonyl (C=O) groups excluding carboxylic acids is 2. The first kappa shape index (κ1) is 15.4. The van der Waals surface area contributed by atoms with Crippen molar-refractivity contribution in [2.45, 2.75) is 71.3 Å². The molecule has 126 valence electrons. The van der Waals surface area contributed by atoms with E-state index in [2.05, 4.69) is 6.92 Å². The zero-order chi connectivity index (χ0) is 16.2. The summed E-state index contributed by atoms with van der Waals surface area (Å²) in [5.74, 6) is 3.10. The third-order valence-corrected chi connectivity index (χ3v) is 7.52. The highest BCUT2D eigenvalue weighted by atomic mass is 16.5. The number of hydrogen-bond donors (Lipinski definition) is 0. The molecule has 0 spiro atoms. The van der Waals surface area contributed by atoms with Crippen LogP contribution >= 0.6 is 0 Å². The molecule has 0 aromatic carbocycles. The van der Waals surface area contributed by atoms with Gasteiger partial charge in [-0.2, -0.15) is 0 Å². The second kappa shape index (κ2) is 5.46. The van der Waals surface area contributed by atoms with Gasteiger partial charge in [-0.3, -0.25) is 9.59 Å². The highest BCUT2D eigenvalue weighted by Gasteiger charge is 2.57. The second-order valence-electron chi connectivity index (χ2n) is 8.52. The van der Waals surface area contributed by atoms with E-state index in [9.17, 15) is 9.59 Å². The lowest BCUT2D eigenvalue weighted by molar-refractivity contribution is -0.156. The van der Waals surface area contributed by atoms with Gasteiger partial charge < -0.3 is 4.74 Å². The molecule has 4 aliphatic rings. The predicted octanol–water partition coefficient (Wildman–Crippen LogP) is 4.06. The summed E-state index contributed by atoms with van der Waals surface area (Å²) in [5.41, 5.74) is 1.62. The first-order valence-corrected chi connectivity index (χ1v) is 9.39. The van der Waals surface area contributed by atoms with Crippen LogP contribution in [0.15, 0.2) is 11.6 Å². The molecular weight excluding hydrogens is 288 g/mol. The molecule has 4 rings (SSSR count). The first-order chi connectivity index (χ1) is 11.0. The summed E-state index contributed by atoms with van der Waals surface area (Å²) in [7, 11) is 0. The van der Waals surface area contributed by atoms with Crippen LogP contribution < -0.4 is 0 Å². The van der Waals surface area contributed by atoms with Crippen LogP contribution in [0.4, 0.5) is 0 Å². The molecule has 3 fully saturated rings. The van der Waals surface area contributed by atoms with Crippen LogP contribution in [0.3, 0.4) is 0 Å². The molecule has 3 nitrogen and oxygen atoms in total. The van der Waals surface area contributed by atoms with E-state index in [1.54, 1.807) is 6.92 Å². The zero-order valence-corrected chi connectivity index (χ0v) is 14.3. The fourth-order valence-corrected chi connectivity index (χ4v) is 6.53. The minimum Gasteiger partial charge on any atom is -0.462 e. The van der Waals surface area contributed by atoms with Crippen molar-refractivity contribution >= 4 is 11.8 Å². The van der Waals surface area contributed by atoms with Crippen LogP contribution in [0.5, 0.6) is 0 Å². The largest absolute Gasteiger partial charge is 0.462 e. The minimum absolute atomic E-state index is 0.121. The molecule has 0 amide bonds. The molecule has 6 atom stereocenters. The van der Waals surface area contributed by atoms with Crippen molar-refractivity contribution in [2.75, 3.05) is 0 Å². The highest BCUT2D eigenvalue weighted by Crippen LogP contribution is 2.62. The lowest BCUT2D eigenvalue weighted by Crippen LogP contribution is -2.48. The first-order valence-electron chi connectivity index (χ1n) is 9.39. The van der Waals surface area contributed by atoms with E-state index in [1.165, 1.54) is 31.3 Å². The molecule has 0 unspecified atom stereocenters. The number of esters is 1. The molecule has 0 heterocycles. The summed E-state index contributed by atoms with van der Waals surface area (Å²) in [6.07, 6.45) is 10.9. The number of ether oxygens (including phenoxy) is 1. The third kappa shape index (κ3) is 2.38. The maximum atomic E-state index is 11.7. The number of hydrogen-bond acceptors (Lipinski definition) is 3. The molecule has 0 saturated heterocycles. The van der Waals surface area contributed by atoms with Crippen LogP contribution in [0, 0.1) is 29.1 Å². The number of rotatable bonds is 1. The normalized spacial score (nSPS) is 45.6. The van der Waals surface area contributed by atoms with Gasteiger partial charge in [0.1, 0.15) is 6.10 Å². The highest BCUT2D eigenvalue weighted by molar-refractivity contribution is 5.91. The second-order valence-corrected chi connectivity index (χ2v) is 8.52. The summed E-state index contributed by atoms with van der Waals surface area (Å²) in [6.45, 7) is 3.91. The molecule has 3 saturated carbocycles. The quantitative estimate of drug-likeness (QED) is 0.685. The van der Waals surface area contributed by atoms with E-state index in [4.69, 9.17) is 4.74 Å². The van der Waals surface area contributed by atoms with Gasteiger partial charge >= 0.3 is 5.97 Å². The van der Waals surface area contributed by atoms with Gasteiger partial charge in [-0.15, -0.1) is 0 Å². The smallest absolute Gasteiger partial charge is 0.302 e. The van der Waals surface area contributed by atoms with Gasteiger partial charge in [-0.25, -0.2) is 0 Å². The standard InChI is InChI=1S/C20H28O3/c1-12(21)23-19-8-7-18-17-5-3-13-11-14(22)4-6-15(13)16(17)9-10-20(18,19)2/h11,15-19H,3-10H2,1-2H3/t15-,16+,17-,18-,19+,20+/m1/s1. The van der Waals surface area contributed by atoms with Crippen molar-refractivity contribution in [2.24, 2.45) is 29.1 Å². The third-order valence-electron chi connectivity index (χ3n) is 7.52. The topological polar surface area (TPSA) is 43.4 Å². The summed E-state index contributed by atoms with van der Waals surface area (Å²) in [5, 5.41) is 0. The summed E-state index contributed by atoms with van der Waals surface area (Å²) < 4.78 is 5.69. The Labute approximate surface area is 138 Å². The monoisotopic (exact) mass is 316 g/mol. The predicted molar refractivity (Wildman–Crippen MR) is 87.6 cm³/mol. The van der Waals surface area contributed by atoms with E-state index in [0.717, 1.165) is 37.5 Å². The van der Waals surface area contributed by atoms with Crippen molar-refractivity contribution in [3.05, 3.63) is 11.6 Å². The van der Waals surface area contributed by atoms with Gasteiger partial charge in [0, 0.05) is 18.8 Å². The molecule has 3 heteroatoms. The van der Waals surface area contributed by atoms with E-state index < -0.39 is 0 Å². The Balaban J connectivity index is 1.57. The van der Waals surface area contributed by atoms with Crippen molar-refractivity contribution in [1.82, 2.24) is 0 Å². The number of carbonyl (C=O) groups is 2. The molecule has 23 heavy (non-hydrogen) atoms. The van der Waals surface area contributed by atoms with Crippen LogP contribution in [-0.2, 0) is 14.3 Å². The molecule has 4 aliphatic carbocycles. The van der Waals surface area contributed by atoms with Gasteiger partial charge in [0.05, 0.1) is 0 Å². The Morgan fingerprint density at radius 1 is 1.13 bits per heavy atom. The fourth-order valence-electron chi connectivity index (χ4n) is 6.53. The molecule has 0 N–H and O–H groups in total. The van der Waals surface area contributed by atoms with Crippen LogP contribution in [0.25, 0.3) is 0 Å². The Hall–Kier alpha value is -1.12. The molecule has 0 radical (unpaired) electrons. The number of allylic oxidation sites excluding steroid dienone is 1. The Kier molecular flexibility index (Phi) is 3.66. The van der Waals surface area contributed by atoms with Crippen LogP contribution in [-0.4, -0.2) is 17.9 Å². The number of fused-ring (bicyclic) bond motifs is 5. The van der Waals surface area contributed by atoms with Crippen LogP contribution in [0.2, 0.25) is 0 Å². The maximum absolute atomic E-state index is 11.7. The molecule has 0 aromatic rings. The zero-order valence-electron chi connectivity index (χ0n) is 14.3. The Morgan fingerprint density at radius 2 is 1.96 bits per heavy atom. The van der Waals surface area contributed by atoms with E-state index in [-0.39, 0.29) is 17.5 Å².